The number of para-hydroxylation sites is 1. The number of rotatable bonds is 6. The molecule has 0 saturated carbocycles. The molecule has 0 saturated heterocycles. The Labute approximate surface area is 173 Å². The molecule has 1 aromatic heterocycles. The largest absolute Gasteiger partial charge is 0.481 e. The second kappa shape index (κ2) is 8.40. The fraction of sp³-hybridized carbons (Fsp3) is 0.238. The molecule has 0 aliphatic rings. The van der Waals surface area contributed by atoms with Crippen LogP contribution in [0.2, 0.25) is 0 Å². The minimum Gasteiger partial charge on any atom is -0.481 e. The lowest BCUT2D eigenvalue weighted by molar-refractivity contribution is -0.139. The lowest BCUT2D eigenvalue weighted by Crippen LogP contribution is -2.10. The number of aliphatic carboxylic acids is 1. The van der Waals surface area contributed by atoms with Gasteiger partial charge in [-0.25, -0.2) is 9.89 Å². The minimum atomic E-state index is -1.05. The van der Waals surface area contributed by atoms with Gasteiger partial charge in [0, 0.05) is 11.1 Å². The van der Waals surface area contributed by atoms with Crippen molar-refractivity contribution in [1.82, 2.24) is 14.9 Å². The molecule has 8 heteroatoms. The van der Waals surface area contributed by atoms with Crippen molar-refractivity contribution in [3.05, 3.63) is 64.4 Å². The number of carbonyl (C=O) groups is 1. The molecule has 0 aliphatic heterocycles. The van der Waals surface area contributed by atoms with Crippen molar-refractivity contribution in [2.45, 2.75) is 26.2 Å². The van der Waals surface area contributed by atoms with Crippen LogP contribution in [0.3, 0.4) is 0 Å². The van der Waals surface area contributed by atoms with Gasteiger partial charge < -0.3 is 9.84 Å². The number of aromatic amines is 1. The number of nitrogens with zero attached hydrogens (tertiary/aromatic N) is 3. The summed E-state index contributed by atoms with van der Waals surface area (Å²) in [4.78, 5) is 10.8. The number of carboxylic acids is 1. The highest BCUT2D eigenvalue weighted by molar-refractivity contribution is 7.71. The Balaban J connectivity index is 1.92. The van der Waals surface area contributed by atoms with E-state index in [1.165, 1.54) is 10.2 Å². The van der Waals surface area contributed by atoms with Gasteiger partial charge in [0.1, 0.15) is 5.75 Å². The van der Waals surface area contributed by atoms with E-state index in [1.807, 2.05) is 18.2 Å². The van der Waals surface area contributed by atoms with Crippen molar-refractivity contribution in [3.63, 3.8) is 0 Å². The van der Waals surface area contributed by atoms with Crippen LogP contribution in [0.5, 0.6) is 5.75 Å². The van der Waals surface area contributed by atoms with Crippen molar-refractivity contribution in [3.8, 4) is 17.1 Å². The highest BCUT2D eigenvalue weighted by Gasteiger charge is 2.15. The summed E-state index contributed by atoms with van der Waals surface area (Å²) >= 11 is 5.31. The summed E-state index contributed by atoms with van der Waals surface area (Å²) in [6.07, 6.45) is 1.57. The van der Waals surface area contributed by atoms with Crippen molar-refractivity contribution in [2.24, 2.45) is 5.10 Å². The van der Waals surface area contributed by atoms with Crippen LogP contribution in [0.25, 0.3) is 11.4 Å². The number of nitrogens with one attached hydrogen (secondary N) is 1. The molecule has 29 heavy (non-hydrogen) atoms. The van der Waals surface area contributed by atoms with Crippen LogP contribution in [0, 0.1) is 4.77 Å². The molecule has 0 atom stereocenters. The van der Waals surface area contributed by atoms with Gasteiger partial charge >= 0.3 is 5.97 Å². The van der Waals surface area contributed by atoms with E-state index in [4.69, 9.17) is 22.1 Å². The summed E-state index contributed by atoms with van der Waals surface area (Å²) in [5.74, 6) is -0.0461. The Kier molecular flexibility index (Phi) is 5.93. The molecule has 3 rings (SSSR count). The van der Waals surface area contributed by atoms with Crippen LogP contribution >= 0.6 is 12.2 Å². The maximum Gasteiger partial charge on any atom is 0.341 e. The zero-order valence-corrected chi connectivity index (χ0v) is 17.2. The highest BCUT2D eigenvalue weighted by atomic mass is 32.1. The van der Waals surface area contributed by atoms with Gasteiger partial charge in [0.25, 0.3) is 0 Å². The van der Waals surface area contributed by atoms with Gasteiger partial charge in [0.05, 0.1) is 6.21 Å². The fourth-order valence-electron chi connectivity index (χ4n) is 2.68. The van der Waals surface area contributed by atoms with Gasteiger partial charge in [0.15, 0.2) is 12.4 Å². The van der Waals surface area contributed by atoms with Gasteiger partial charge in [-0.2, -0.15) is 14.9 Å². The predicted octanol–water partition coefficient (Wildman–Crippen LogP) is 4.25. The zero-order valence-electron chi connectivity index (χ0n) is 16.4. The molecule has 0 radical (unpaired) electrons. The summed E-state index contributed by atoms with van der Waals surface area (Å²) < 4.78 is 7.18. The molecule has 7 nitrogen and oxygen atoms in total. The number of H-pyrrole nitrogens is 1. The van der Waals surface area contributed by atoms with Gasteiger partial charge in [0.2, 0.25) is 4.77 Å². The van der Waals surface area contributed by atoms with E-state index in [0.29, 0.717) is 21.9 Å². The lowest BCUT2D eigenvalue weighted by Gasteiger charge is -2.18. The third-order valence-corrected chi connectivity index (χ3v) is 4.51. The minimum absolute atomic E-state index is 0.0566. The Bertz CT molecular complexity index is 1090. The quantitative estimate of drug-likeness (QED) is 0.468. The number of hydrogen-bond acceptors (Lipinski definition) is 5. The Morgan fingerprint density at radius 1 is 1.24 bits per heavy atom. The Morgan fingerprint density at radius 2 is 1.93 bits per heavy atom. The SMILES string of the molecule is CC(C)(C)c1ccc(-c2n[nH]c(=S)n2/N=C/c2ccccc2OCC(=O)O)cc1. The van der Waals surface area contributed by atoms with Gasteiger partial charge in [-0.1, -0.05) is 57.2 Å². The molecule has 0 amide bonds. The summed E-state index contributed by atoms with van der Waals surface area (Å²) in [5.41, 5.74) is 2.78. The van der Waals surface area contributed by atoms with Crippen LogP contribution in [-0.4, -0.2) is 38.8 Å². The van der Waals surface area contributed by atoms with Crippen LogP contribution in [0.4, 0.5) is 0 Å². The average molecular weight is 410 g/mol. The Hall–Kier alpha value is -3.26. The van der Waals surface area contributed by atoms with Crippen molar-refractivity contribution in [2.75, 3.05) is 6.61 Å². The third kappa shape index (κ3) is 4.97. The smallest absolute Gasteiger partial charge is 0.341 e. The first-order chi connectivity index (χ1) is 13.8. The molecule has 0 aliphatic carbocycles. The van der Waals surface area contributed by atoms with Crippen LogP contribution in [-0.2, 0) is 10.2 Å². The van der Waals surface area contributed by atoms with Crippen LogP contribution in [0.15, 0.2) is 53.6 Å². The first-order valence-electron chi connectivity index (χ1n) is 9.02. The predicted molar refractivity (Wildman–Crippen MR) is 114 cm³/mol. The molecular formula is C21H22N4O3S. The normalized spacial score (nSPS) is 11.7. The zero-order chi connectivity index (χ0) is 21.0. The molecule has 0 bridgehead atoms. The first-order valence-corrected chi connectivity index (χ1v) is 9.43. The fourth-order valence-corrected chi connectivity index (χ4v) is 2.86. The van der Waals surface area contributed by atoms with Crippen molar-refractivity contribution in [1.29, 1.82) is 0 Å². The first kappa shape index (κ1) is 20.5. The summed E-state index contributed by atoms with van der Waals surface area (Å²) in [5, 5.41) is 20.3. The molecule has 0 fully saturated rings. The number of hydrogen-bond donors (Lipinski definition) is 2. The van der Waals surface area contributed by atoms with E-state index >= 15 is 0 Å². The number of aromatic nitrogens is 3. The van der Waals surface area contributed by atoms with Gasteiger partial charge in [-0.05, 0) is 35.3 Å². The molecule has 2 aromatic carbocycles. The second-order valence-corrected chi connectivity index (χ2v) is 7.84. The van der Waals surface area contributed by atoms with Crippen LogP contribution in [0.1, 0.15) is 31.9 Å². The highest BCUT2D eigenvalue weighted by Crippen LogP contribution is 2.25. The average Bonchev–Trinajstić information content (AvgIpc) is 3.05. The second-order valence-electron chi connectivity index (χ2n) is 7.46. The van der Waals surface area contributed by atoms with E-state index in [-0.39, 0.29) is 5.41 Å². The number of ether oxygens (including phenoxy) is 1. The Morgan fingerprint density at radius 3 is 2.59 bits per heavy atom. The molecule has 0 unspecified atom stereocenters. The van der Waals surface area contributed by atoms with Gasteiger partial charge in [-0.3, -0.25) is 0 Å². The van der Waals surface area contributed by atoms with Gasteiger partial charge in [-0.15, -0.1) is 0 Å². The third-order valence-electron chi connectivity index (χ3n) is 4.24. The van der Waals surface area contributed by atoms with E-state index in [1.54, 1.807) is 24.4 Å². The molecular weight excluding hydrogens is 388 g/mol. The monoisotopic (exact) mass is 410 g/mol. The molecule has 2 N–H and O–H groups in total. The van der Waals surface area contributed by atoms with E-state index < -0.39 is 12.6 Å². The summed E-state index contributed by atoms with van der Waals surface area (Å²) in [7, 11) is 0. The van der Waals surface area contributed by atoms with E-state index in [9.17, 15) is 4.79 Å². The van der Waals surface area contributed by atoms with Crippen molar-refractivity contribution < 1.29 is 14.6 Å². The molecule has 0 spiro atoms. The van der Waals surface area contributed by atoms with Crippen LogP contribution < -0.4 is 4.74 Å². The summed E-state index contributed by atoms with van der Waals surface area (Å²) in [6, 6.07) is 15.2. The lowest BCUT2D eigenvalue weighted by atomic mass is 9.87. The maximum atomic E-state index is 10.8. The summed E-state index contributed by atoms with van der Waals surface area (Å²) in [6.45, 7) is 6.05. The topological polar surface area (TPSA) is 92.5 Å². The van der Waals surface area contributed by atoms with Crippen molar-refractivity contribution >= 4 is 24.4 Å². The van der Waals surface area contributed by atoms with E-state index in [2.05, 4.69) is 48.2 Å². The standard InChI is InChI=1S/C21H22N4O3S/c1-21(2,3)16-10-8-14(9-11-16)19-23-24-20(29)25(19)22-12-15-6-4-5-7-17(15)28-13-18(26)27/h4-12H,13H2,1-3H3,(H,24,29)(H,26,27)/b22-12+. The maximum absolute atomic E-state index is 10.8. The van der Waals surface area contributed by atoms with E-state index in [0.717, 1.165) is 5.56 Å². The number of carboxylic acid groups (broad SMARTS) is 1. The number of benzene rings is 2. The molecule has 1 heterocycles. The molecule has 3 aromatic rings. The molecule has 150 valence electrons.